The zero-order valence-corrected chi connectivity index (χ0v) is 17.5. The predicted octanol–water partition coefficient (Wildman–Crippen LogP) is 2.53. The van der Waals surface area contributed by atoms with Crippen LogP contribution in [0.1, 0.15) is 32.8 Å². The first-order valence-electron chi connectivity index (χ1n) is 8.58. The highest BCUT2D eigenvalue weighted by molar-refractivity contribution is 9.15. The summed E-state index contributed by atoms with van der Waals surface area (Å²) < 4.78 is 19.0. The second kappa shape index (κ2) is 7.90. The summed E-state index contributed by atoms with van der Waals surface area (Å²) in [6, 6.07) is 4.55. The Morgan fingerprint density at radius 3 is 2.29 bits per heavy atom. The summed E-state index contributed by atoms with van der Waals surface area (Å²) in [5.41, 5.74) is 9.57. The lowest BCUT2D eigenvalue weighted by atomic mass is 9.83. The zero-order chi connectivity index (χ0) is 21.3. The van der Waals surface area contributed by atoms with Gasteiger partial charge in [-0.05, 0) is 44.9 Å². The number of amides is 3. The molecule has 1 aromatic rings. The fourth-order valence-electron chi connectivity index (χ4n) is 2.99. The largest absolute Gasteiger partial charge is 0.444 e. The Labute approximate surface area is 171 Å². The van der Waals surface area contributed by atoms with E-state index in [0.717, 1.165) is 4.90 Å². The van der Waals surface area contributed by atoms with Crippen molar-refractivity contribution in [3.05, 3.63) is 41.7 Å². The van der Waals surface area contributed by atoms with Gasteiger partial charge in [-0.1, -0.05) is 34.1 Å². The number of primary amides is 2. The summed E-state index contributed by atoms with van der Waals surface area (Å²) in [5.74, 6) is -1.89. The fourth-order valence-corrected chi connectivity index (χ4v) is 3.69. The molecule has 0 aliphatic carbocycles. The highest BCUT2D eigenvalue weighted by Crippen LogP contribution is 2.40. The van der Waals surface area contributed by atoms with Crippen LogP contribution in [0.4, 0.5) is 9.18 Å². The Kier molecular flexibility index (Phi) is 6.18. The number of ether oxygens (including phenoxy) is 1. The van der Waals surface area contributed by atoms with Crippen LogP contribution in [-0.4, -0.2) is 41.0 Å². The lowest BCUT2D eigenvalue weighted by molar-refractivity contribution is -0.124. The van der Waals surface area contributed by atoms with Crippen molar-refractivity contribution in [2.24, 2.45) is 16.9 Å². The van der Waals surface area contributed by atoms with Crippen LogP contribution in [0, 0.1) is 11.2 Å². The number of hydrogen-bond donors (Lipinski definition) is 2. The average molecular weight is 456 g/mol. The van der Waals surface area contributed by atoms with E-state index >= 15 is 0 Å². The minimum Gasteiger partial charge on any atom is -0.444 e. The summed E-state index contributed by atoms with van der Waals surface area (Å²) >= 11 is 3.37. The predicted molar refractivity (Wildman–Crippen MR) is 105 cm³/mol. The molecule has 28 heavy (non-hydrogen) atoms. The van der Waals surface area contributed by atoms with E-state index in [0.29, 0.717) is 10.0 Å². The molecule has 7 nitrogen and oxygen atoms in total. The third-order valence-corrected chi connectivity index (χ3v) is 5.04. The van der Waals surface area contributed by atoms with E-state index in [1.165, 1.54) is 30.3 Å². The summed E-state index contributed by atoms with van der Waals surface area (Å²) in [6.07, 6.45) is 0.696. The lowest BCUT2D eigenvalue weighted by Gasteiger charge is -2.27. The highest BCUT2D eigenvalue weighted by atomic mass is 79.9. The van der Waals surface area contributed by atoms with Crippen LogP contribution in [0.25, 0.3) is 4.48 Å². The second-order valence-electron chi connectivity index (χ2n) is 7.75. The van der Waals surface area contributed by atoms with Gasteiger partial charge in [-0.2, -0.15) is 0 Å². The van der Waals surface area contributed by atoms with Gasteiger partial charge in [-0.25, -0.2) is 9.18 Å². The van der Waals surface area contributed by atoms with E-state index in [-0.39, 0.29) is 13.0 Å². The molecule has 0 radical (unpaired) electrons. The van der Waals surface area contributed by atoms with Gasteiger partial charge >= 0.3 is 6.09 Å². The van der Waals surface area contributed by atoms with Gasteiger partial charge in [0.2, 0.25) is 11.8 Å². The second-order valence-corrected chi connectivity index (χ2v) is 8.60. The van der Waals surface area contributed by atoms with Crippen LogP contribution in [0.15, 0.2) is 30.3 Å². The standard InChI is InChI=1S/C19H23BrFN3O4/c1-18(2,3)28-17(27)24-10-19(16(23)26,9-14(24)15(22)25)8-13(20)11-4-6-12(21)7-5-11/h4-8,14H,9-10H2,1-3H3,(H2,22,25)(H2,23,26)/b13-8+/t14-,19-/m0/s1. The Balaban J connectivity index is 2.42. The Morgan fingerprint density at radius 1 is 1.25 bits per heavy atom. The zero-order valence-electron chi connectivity index (χ0n) is 15.9. The lowest BCUT2D eigenvalue weighted by Crippen LogP contribution is -2.46. The number of halogens is 2. The first-order chi connectivity index (χ1) is 12.8. The van der Waals surface area contributed by atoms with Crippen molar-refractivity contribution in [3.8, 4) is 0 Å². The number of likely N-dealkylation sites (tertiary alicyclic amines) is 1. The fraction of sp³-hybridized carbons (Fsp3) is 0.421. The van der Waals surface area contributed by atoms with Crippen molar-refractivity contribution in [3.63, 3.8) is 0 Å². The number of nitrogens with zero attached hydrogens (tertiary/aromatic N) is 1. The van der Waals surface area contributed by atoms with Gasteiger partial charge in [0, 0.05) is 11.0 Å². The number of hydrogen-bond acceptors (Lipinski definition) is 4. The van der Waals surface area contributed by atoms with E-state index in [4.69, 9.17) is 16.2 Å². The molecule has 1 aromatic carbocycles. The molecule has 1 heterocycles. The molecule has 1 fully saturated rings. The molecule has 0 aromatic heterocycles. The van der Waals surface area contributed by atoms with Crippen LogP contribution in [0.5, 0.6) is 0 Å². The van der Waals surface area contributed by atoms with Crippen LogP contribution in [-0.2, 0) is 14.3 Å². The van der Waals surface area contributed by atoms with Gasteiger partial charge < -0.3 is 16.2 Å². The molecular weight excluding hydrogens is 433 g/mol. The van der Waals surface area contributed by atoms with Crippen molar-refractivity contribution < 1.29 is 23.5 Å². The maximum atomic E-state index is 13.2. The molecule has 3 amide bonds. The minimum absolute atomic E-state index is 0.0762. The van der Waals surface area contributed by atoms with Gasteiger partial charge in [0.25, 0.3) is 0 Å². The smallest absolute Gasteiger partial charge is 0.411 e. The third kappa shape index (κ3) is 4.89. The molecule has 1 aliphatic heterocycles. The molecule has 0 spiro atoms. The summed E-state index contributed by atoms with van der Waals surface area (Å²) in [5, 5.41) is 0. The number of carbonyl (C=O) groups excluding carboxylic acids is 3. The van der Waals surface area contributed by atoms with E-state index in [1.807, 2.05) is 0 Å². The van der Waals surface area contributed by atoms with Crippen LogP contribution < -0.4 is 11.5 Å². The van der Waals surface area contributed by atoms with Crippen molar-refractivity contribution in [1.82, 2.24) is 4.90 Å². The Morgan fingerprint density at radius 2 is 1.82 bits per heavy atom. The van der Waals surface area contributed by atoms with Crippen molar-refractivity contribution in [2.75, 3.05) is 6.54 Å². The third-order valence-electron chi connectivity index (χ3n) is 4.36. The summed E-state index contributed by atoms with van der Waals surface area (Å²) in [7, 11) is 0. The quantitative estimate of drug-likeness (QED) is 0.725. The SMILES string of the molecule is CC(C)(C)OC(=O)N1C[C@@](/C=C(/Br)c2ccc(F)cc2)(C(N)=O)C[C@H]1C(N)=O. The summed E-state index contributed by atoms with van der Waals surface area (Å²) in [6.45, 7) is 4.90. The maximum absolute atomic E-state index is 13.2. The van der Waals surface area contributed by atoms with Crippen molar-refractivity contribution >= 4 is 38.3 Å². The van der Waals surface area contributed by atoms with Gasteiger partial charge in [-0.3, -0.25) is 14.5 Å². The molecule has 1 aliphatic rings. The first kappa shape index (κ1) is 21.9. The molecule has 152 valence electrons. The Hall–Kier alpha value is -2.42. The van der Waals surface area contributed by atoms with Crippen LogP contribution in [0.3, 0.4) is 0 Å². The first-order valence-corrected chi connectivity index (χ1v) is 9.37. The van der Waals surface area contributed by atoms with Gasteiger partial charge in [-0.15, -0.1) is 0 Å². The van der Waals surface area contributed by atoms with E-state index in [2.05, 4.69) is 15.9 Å². The number of rotatable bonds is 4. The minimum atomic E-state index is -1.34. The molecule has 2 rings (SSSR count). The molecule has 4 N–H and O–H groups in total. The van der Waals surface area contributed by atoms with E-state index in [1.54, 1.807) is 20.8 Å². The molecular formula is C19H23BrFN3O4. The van der Waals surface area contributed by atoms with E-state index in [9.17, 15) is 18.8 Å². The topological polar surface area (TPSA) is 116 Å². The maximum Gasteiger partial charge on any atom is 0.411 e. The van der Waals surface area contributed by atoms with Crippen LogP contribution >= 0.6 is 15.9 Å². The van der Waals surface area contributed by atoms with Gasteiger partial charge in [0.1, 0.15) is 17.5 Å². The molecule has 9 heteroatoms. The molecule has 2 atom stereocenters. The monoisotopic (exact) mass is 455 g/mol. The van der Waals surface area contributed by atoms with Crippen molar-refractivity contribution in [2.45, 2.75) is 38.8 Å². The number of carbonyl (C=O) groups is 3. The molecule has 0 unspecified atom stereocenters. The van der Waals surface area contributed by atoms with Crippen molar-refractivity contribution in [1.29, 1.82) is 0 Å². The molecule has 0 bridgehead atoms. The Bertz CT molecular complexity index is 819. The average Bonchev–Trinajstić information content (AvgIpc) is 2.95. The normalized spacial score (nSPS) is 22.8. The summed E-state index contributed by atoms with van der Waals surface area (Å²) in [4.78, 5) is 37.9. The van der Waals surface area contributed by atoms with Gasteiger partial charge in [0.15, 0.2) is 0 Å². The van der Waals surface area contributed by atoms with Crippen LogP contribution in [0.2, 0.25) is 0 Å². The highest BCUT2D eigenvalue weighted by Gasteiger charge is 2.51. The number of benzene rings is 1. The molecule has 1 saturated heterocycles. The van der Waals surface area contributed by atoms with E-state index < -0.39 is 40.8 Å². The number of nitrogens with two attached hydrogens (primary N) is 2. The van der Waals surface area contributed by atoms with Gasteiger partial charge in [0.05, 0.1) is 5.41 Å². The molecule has 0 saturated carbocycles.